The molecule has 0 radical (unpaired) electrons. The fourth-order valence-electron chi connectivity index (χ4n) is 3.10. The monoisotopic (exact) mass is 428 g/mol. The minimum absolute atomic E-state index is 0.162. The molecule has 0 fully saturated rings. The van der Waals surface area contributed by atoms with Gasteiger partial charge in [-0.1, -0.05) is 35.5 Å². The summed E-state index contributed by atoms with van der Waals surface area (Å²) in [5.74, 6) is -1.64. The first-order chi connectivity index (χ1) is 14.7. The van der Waals surface area contributed by atoms with Gasteiger partial charge in [-0.15, -0.1) is 0 Å². The van der Waals surface area contributed by atoms with Gasteiger partial charge in [0.25, 0.3) is 10.9 Å². The topological polar surface area (TPSA) is 88.3 Å². The molecule has 3 aromatic carbocycles. The van der Waals surface area contributed by atoms with Crippen LogP contribution in [0.15, 0.2) is 68.7 Å². The van der Waals surface area contributed by atoms with Crippen molar-refractivity contribution in [3.63, 3.8) is 0 Å². The van der Waals surface area contributed by atoms with Crippen molar-refractivity contribution in [2.45, 2.75) is 12.7 Å². The predicted molar refractivity (Wildman–Crippen MR) is 108 cm³/mol. The molecule has 0 saturated carbocycles. The zero-order valence-corrected chi connectivity index (χ0v) is 16.1. The standard InChI is InChI=1S/C21H15F3N4O3/c1-28(11-12-5-3-2-4-6-12)16-15(17(29)18(16)30)25-14-9-7-13(8-10-14)19-26-20(31-27-19)21(22,23)24/h2-10,25H,11H2,1H3. The summed E-state index contributed by atoms with van der Waals surface area (Å²) < 4.78 is 42.0. The Morgan fingerprint density at radius 1 is 1.00 bits per heavy atom. The number of benzene rings is 2. The van der Waals surface area contributed by atoms with Gasteiger partial charge < -0.3 is 14.7 Å². The highest BCUT2D eigenvalue weighted by atomic mass is 19.4. The minimum atomic E-state index is -4.72. The van der Waals surface area contributed by atoms with Crippen LogP contribution < -0.4 is 21.1 Å². The highest BCUT2D eigenvalue weighted by molar-refractivity contribution is 5.79. The lowest BCUT2D eigenvalue weighted by Crippen LogP contribution is -2.40. The van der Waals surface area contributed by atoms with Crippen LogP contribution in [0.1, 0.15) is 11.5 Å². The molecule has 4 aromatic rings. The Morgan fingerprint density at radius 2 is 1.68 bits per heavy atom. The Balaban J connectivity index is 1.51. The first-order valence-corrected chi connectivity index (χ1v) is 9.11. The van der Waals surface area contributed by atoms with Gasteiger partial charge in [-0.05, 0) is 29.8 Å². The molecule has 0 atom stereocenters. The minimum Gasteiger partial charge on any atom is -0.365 e. The quantitative estimate of drug-likeness (QED) is 0.468. The van der Waals surface area contributed by atoms with E-state index in [2.05, 4.69) is 20.0 Å². The maximum Gasteiger partial charge on any atom is 0.471 e. The zero-order valence-electron chi connectivity index (χ0n) is 16.1. The molecular weight excluding hydrogens is 413 g/mol. The van der Waals surface area contributed by atoms with E-state index >= 15 is 0 Å². The number of halogens is 3. The molecule has 0 spiro atoms. The molecule has 158 valence electrons. The van der Waals surface area contributed by atoms with Gasteiger partial charge in [0.2, 0.25) is 5.82 Å². The second-order valence-electron chi connectivity index (χ2n) is 6.85. The highest BCUT2D eigenvalue weighted by Crippen LogP contribution is 2.30. The molecule has 4 rings (SSSR count). The number of anilines is 3. The fraction of sp³-hybridized carbons (Fsp3) is 0.143. The molecule has 1 aromatic heterocycles. The summed E-state index contributed by atoms with van der Waals surface area (Å²) in [6.07, 6.45) is -4.72. The summed E-state index contributed by atoms with van der Waals surface area (Å²) in [5, 5.41) is 6.23. The molecule has 1 N–H and O–H groups in total. The van der Waals surface area contributed by atoms with Gasteiger partial charge >= 0.3 is 12.1 Å². The molecule has 7 nitrogen and oxygen atoms in total. The van der Waals surface area contributed by atoms with Crippen molar-refractivity contribution in [2.24, 2.45) is 0 Å². The molecule has 0 amide bonds. The van der Waals surface area contributed by atoms with Crippen LogP contribution in [0, 0.1) is 0 Å². The van der Waals surface area contributed by atoms with Gasteiger partial charge in [-0.2, -0.15) is 18.2 Å². The number of rotatable bonds is 6. The van der Waals surface area contributed by atoms with Gasteiger partial charge in [-0.3, -0.25) is 9.59 Å². The third-order valence-electron chi connectivity index (χ3n) is 4.61. The second-order valence-corrected chi connectivity index (χ2v) is 6.85. The molecular formula is C21H15F3N4O3. The SMILES string of the molecule is CN(Cc1ccccc1)c1c(Nc2ccc(-c3noc(C(F)(F)F)n3)cc2)c(=O)c1=O. The van der Waals surface area contributed by atoms with Crippen molar-refractivity contribution < 1.29 is 17.7 Å². The molecule has 10 heteroatoms. The van der Waals surface area contributed by atoms with Crippen molar-refractivity contribution in [1.82, 2.24) is 10.1 Å². The maximum absolute atomic E-state index is 12.6. The molecule has 1 heterocycles. The van der Waals surface area contributed by atoms with Crippen LogP contribution in [0.25, 0.3) is 11.4 Å². The van der Waals surface area contributed by atoms with Crippen LogP contribution in [0.2, 0.25) is 0 Å². The Labute approximate surface area is 173 Å². The van der Waals surface area contributed by atoms with Crippen molar-refractivity contribution in [2.75, 3.05) is 17.3 Å². The first kappa shape index (κ1) is 20.3. The van der Waals surface area contributed by atoms with Crippen LogP contribution in [-0.4, -0.2) is 17.2 Å². The number of alkyl halides is 3. The second kappa shape index (κ2) is 7.71. The Bertz CT molecular complexity index is 1270. The Kier molecular flexibility index (Phi) is 5.05. The van der Waals surface area contributed by atoms with Gasteiger partial charge in [-0.25, -0.2) is 0 Å². The van der Waals surface area contributed by atoms with E-state index in [1.807, 2.05) is 30.3 Å². The van der Waals surface area contributed by atoms with E-state index in [1.165, 1.54) is 24.3 Å². The fourth-order valence-corrected chi connectivity index (χ4v) is 3.10. The van der Waals surface area contributed by atoms with E-state index in [9.17, 15) is 22.8 Å². The molecule has 0 aliphatic rings. The highest BCUT2D eigenvalue weighted by Gasteiger charge is 2.38. The first-order valence-electron chi connectivity index (χ1n) is 9.11. The van der Waals surface area contributed by atoms with Crippen LogP contribution in [0.5, 0.6) is 0 Å². The summed E-state index contributed by atoms with van der Waals surface area (Å²) >= 11 is 0. The molecule has 0 aliphatic heterocycles. The molecule has 0 saturated heterocycles. The number of hydrogen-bond donors (Lipinski definition) is 1. The average molecular weight is 428 g/mol. The van der Waals surface area contributed by atoms with Gasteiger partial charge in [0, 0.05) is 24.8 Å². The summed E-state index contributed by atoms with van der Waals surface area (Å²) in [6, 6.07) is 15.5. The van der Waals surface area contributed by atoms with E-state index < -0.39 is 22.9 Å². The van der Waals surface area contributed by atoms with E-state index in [4.69, 9.17) is 0 Å². The van der Waals surface area contributed by atoms with Crippen LogP contribution in [0.3, 0.4) is 0 Å². The molecule has 0 aliphatic carbocycles. The number of nitrogens with one attached hydrogen (secondary N) is 1. The van der Waals surface area contributed by atoms with E-state index in [1.54, 1.807) is 11.9 Å². The van der Waals surface area contributed by atoms with Crippen molar-refractivity contribution >= 4 is 17.1 Å². The summed E-state index contributed by atoms with van der Waals surface area (Å²) in [4.78, 5) is 29.2. The third-order valence-corrected chi connectivity index (χ3v) is 4.61. The summed E-state index contributed by atoms with van der Waals surface area (Å²) in [5.41, 5.74) is 0.977. The largest absolute Gasteiger partial charge is 0.471 e. The van der Waals surface area contributed by atoms with E-state index in [-0.39, 0.29) is 17.2 Å². The van der Waals surface area contributed by atoms with E-state index in [0.717, 1.165) is 5.56 Å². The van der Waals surface area contributed by atoms with Crippen molar-refractivity contribution in [3.05, 3.63) is 86.5 Å². The number of hydrogen-bond acceptors (Lipinski definition) is 7. The van der Waals surface area contributed by atoms with Gasteiger partial charge in [0.1, 0.15) is 11.4 Å². The number of aromatic nitrogens is 2. The Morgan fingerprint density at radius 3 is 2.29 bits per heavy atom. The van der Waals surface area contributed by atoms with Crippen molar-refractivity contribution in [1.29, 1.82) is 0 Å². The van der Waals surface area contributed by atoms with Gasteiger partial charge in [0.05, 0.1) is 0 Å². The number of nitrogens with zero attached hydrogens (tertiary/aromatic N) is 3. The normalized spacial score (nSPS) is 11.6. The zero-order chi connectivity index (χ0) is 22.2. The van der Waals surface area contributed by atoms with Gasteiger partial charge in [0.15, 0.2) is 0 Å². The van der Waals surface area contributed by atoms with Crippen molar-refractivity contribution in [3.8, 4) is 11.4 Å². The molecule has 0 unspecified atom stereocenters. The lowest BCUT2D eigenvalue weighted by Gasteiger charge is -2.23. The molecule has 0 bridgehead atoms. The maximum atomic E-state index is 12.6. The van der Waals surface area contributed by atoms with Crippen LogP contribution >= 0.6 is 0 Å². The molecule has 31 heavy (non-hydrogen) atoms. The average Bonchev–Trinajstić information content (AvgIpc) is 3.25. The lowest BCUT2D eigenvalue weighted by molar-refractivity contribution is -0.159. The Hall–Kier alpha value is -3.95. The van der Waals surface area contributed by atoms with Crippen LogP contribution in [0.4, 0.5) is 30.2 Å². The predicted octanol–water partition coefficient (Wildman–Crippen LogP) is 3.73. The third kappa shape index (κ3) is 4.04. The van der Waals surface area contributed by atoms with Crippen LogP contribution in [-0.2, 0) is 12.7 Å². The summed E-state index contributed by atoms with van der Waals surface area (Å²) in [6.45, 7) is 0.443. The van der Waals surface area contributed by atoms with E-state index in [0.29, 0.717) is 17.8 Å². The summed E-state index contributed by atoms with van der Waals surface area (Å²) in [7, 11) is 1.71. The smallest absolute Gasteiger partial charge is 0.365 e. The lowest BCUT2D eigenvalue weighted by atomic mass is 10.1.